The average Bonchev–Trinajstić information content (AvgIpc) is 2.75. The molecule has 3 N–H and O–H groups in total. The average molecular weight is 240 g/mol. The Bertz CT molecular complexity index is 404. The van der Waals surface area contributed by atoms with Crippen molar-refractivity contribution in [1.29, 1.82) is 0 Å². The standard InChI is InChI=1S/C10H16N4OS/c1-6-9(11)13-16-10(6)14-4-3-8(5-14)12-7(2)15/h8H,3-5H2,1-2H3,(H2,11,13)(H,12,15). The third kappa shape index (κ3) is 2.11. The smallest absolute Gasteiger partial charge is 0.217 e. The summed E-state index contributed by atoms with van der Waals surface area (Å²) in [7, 11) is 0. The van der Waals surface area contributed by atoms with Gasteiger partial charge in [-0.3, -0.25) is 4.79 Å². The monoisotopic (exact) mass is 240 g/mol. The molecule has 0 bridgehead atoms. The van der Waals surface area contributed by atoms with Crippen molar-refractivity contribution in [1.82, 2.24) is 9.69 Å². The second kappa shape index (κ2) is 4.29. The molecule has 2 heterocycles. The fourth-order valence-electron chi connectivity index (χ4n) is 1.98. The first-order valence-corrected chi connectivity index (χ1v) is 6.09. The van der Waals surface area contributed by atoms with E-state index >= 15 is 0 Å². The molecule has 1 amide bonds. The van der Waals surface area contributed by atoms with Crippen LogP contribution in [0.25, 0.3) is 0 Å². The molecule has 1 unspecified atom stereocenters. The van der Waals surface area contributed by atoms with Crippen LogP contribution in [0.3, 0.4) is 0 Å². The van der Waals surface area contributed by atoms with E-state index in [0.29, 0.717) is 5.82 Å². The molecule has 2 rings (SSSR count). The second-order valence-corrected chi connectivity index (χ2v) is 4.88. The summed E-state index contributed by atoms with van der Waals surface area (Å²) in [6.45, 7) is 5.34. The van der Waals surface area contributed by atoms with Crippen LogP contribution in [-0.4, -0.2) is 29.4 Å². The Labute approximate surface area is 98.8 Å². The maximum absolute atomic E-state index is 11.0. The molecule has 0 radical (unpaired) electrons. The van der Waals surface area contributed by atoms with Crippen molar-refractivity contribution in [3.63, 3.8) is 0 Å². The summed E-state index contributed by atoms with van der Waals surface area (Å²) in [5.74, 6) is 0.648. The molecule has 1 aliphatic rings. The molecule has 0 aliphatic carbocycles. The fourth-order valence-corrected chi connectivity index (χ4v) is 2.83. The normalized spacial score (nSPS) is 20.1. The number of carbonyl (C=O) groups is 1. The number of carbonyl (C=O) groups excluding carboxylic acids is 1. The van der Waals surface area contributed by atoms with Gasteiger partial charge in [0.25, 0.3) is 0 Å². The van der Waals surface area contributed by atoms with Crippen molar-refractivity contribution in [2.75, 3.05) is 23.7 Å². The quantitative estimate of drug-likeness (QED) is 0.800. The topological polar surface area (TPSA) is 71.2 Å². The molecule has 16 heavy (non-hydrogen) atoms. The van der Waals surface area contributed by atoms with E-state index in [-0.39, 0.29) is 11.9 Å². The fraction of sp³-hybridized carbons (Fsp3) is 0.600. The van der Waals surface area contributed by atoms with E-state index in [1.165, 1.54) is 11.5 Å². The molecule has 1 aromatic rings. The van der Waals surface area contributed by atoms with Gasteiger partial charge in [0.05, 0.1) is 0 Å². The minimum Gasteiger partial charge on any atom is -0.383 e. The first kappa shape index (κ1) is 11.2. The van der Waals surface area contributed by atoms with Gasteiger partial charge in [-0.25, -0.2) is 0 Å². The van der Waals surface area contributed by atoms with Gasteiger partial charge in [0.15, 0.2) is 0 Å². The summed E-state index contributed by atoms with van der Waals surface area (Å²) in [5, 5.41) is 4.07. The second-order valence-electron chi connectivity index (χ2n) is 4.13. The number of nitrogen functional groups attached to an aromatic ring is 1. The van der Waals surface area contributed by atoms with Gasteiger partial charge in [-0.15, -0.1) is 0 Å². The Kier molecular flexibility index (Phi) is 3.00. The van der Waals surface area contributed by atoms with E-state index in [1.807, 2.05) is 6.92 Å². The Morgan fingerprint density at radius 2 is 2.44 bits per heavy atom. The van der Waals surface area contributed by atoms with E-state index in [2.05, 4.69) is 14.6 Å². The van der Waals surface area contributed by atoms with Gasteiger partial charge in [-0.05, 0) is 24.9 Å². The lowest BCUT2D eigenvalue weighted by molar-refractivity contribution is -0.119. The van der Waals surface area contributed by atoms with Gasteiger partial charge in [0, 0.05) is 31.6 Å². The SMILES string of the molecule is CC(=O)NC1CCN(c2snc(N)c2C)C1. The van der Waals surface area contributed by atoms with Crippen LogP contribution in [0, 0.1) is 6.92 Å². The highest BCUT2D eigenvalue weighted by Gasteiger charge is 2.25. The van der Waals surface area contributed by atoms with Crippen LogP contribution in [-0.2, 0) is 4.79 Å². The number of rotatable bonds is 2. The molecule has 1 fully saturated rings. The van der Waals surface area contributed by atoms with Gasteiger partial charge >= 0.3 is 0 Å². The largest absolute Gasteiger partial charge is 0.383 e. The zero-order chi connectivity index (χ0) is 11.7. The van der Waals surface area contributed by atoms with E-state index in [9.17, 15) is 4.79 Å². The van der Waals surface area contributed by atoms with Crippen LogP contribution in [0.5, 0.6) is 0 Å². The van der Waals surface area contributed by atoms with Crippen LogP contribution in [0.1, 0.15) is 18.9 Å². The lowest BCUT2D eigenvalue weighted by Gasteiger charge is -2.17. The molecular formula is C10H16N4OS. The van der Waals surface area contributed by atoms with Crippen LogP contribution in [0.15, 0.2) is 0 Å². The van der Waals surface area contributed by atoms with Crippen molar-refractivity contribution in [3.8, 4) is 0 Å². The van der Waals surface area contributed by atoms with Gasteiger partial charge in [-0.2, -0.15) is 4.37 Å². The van der Waals surface area contributed by atoms with Crippen molar-refractivity contribution >= 4 is 28.3 Å². The van der Waals surface area contributed by atoms with Crippen molar-refractivity contribution < 1.29 is 4.79 Å². The number of aromatic nitrogens is 1. The Morgan fingerprint density at radius 1 is 1.69 bits per heavy atom. The molecule has 0 aromatic carbocycles. The number of amides is 1. The highest BCUT2D eigenvalue weighted by atomic mass is 32.1. The minimum absolute atomic E-state index is 0.0346. The van der Waals surface area contributed by atoms with E-state index in [4.69, 9.17) is 5.73 Å². The molecule has 1 aromatic heterocycles. The Balaban J connectivity index is 2.03. The summed E-state index contributed by atoms with van der Waals surface area (Å²) < 4.78 is 4.14. The summed E-state index contributed by atoms with van der Waals surface area (Å²) in [6, 6.07) is 0.250. The molecule has 6 heteroatoms. The number of nitrogens with one attached hydrogen (secondary N) is 1. The summed E-state index contributed by atoms with van der Waals surface area (Å²) in [6.07, 6.45) is 0.983. The first-order chi connectivity index (χ1) is 7.58. The molecule has 0 spiro atoms. The van der Waals surface area contributed by atoms with Crippen LogP contribution in [0.2, 0.25) is 0 Å². The van der Waals surface area contributed by atoms with E-state index < -0.39 is 0 Å². The van der Waals surface area contributed by atoms with Gasteiger partial charge in [-0.1, -0.05) is 0 Å². The molecule has 1 saturated heterocycles. The van der Waals surface area contributed by atoms with Crippen LogP contribution < -0.4 is 16.0 Å². The molecule has 1 aliphatic heterocycles. The predicted octanol–water partition coefficient (Wildman–Crippen LogP) is 0.749. The maximum Gasteiger partial charge on any atom is 0.217 e. The molecule has 1 atom stereocenters. The molecule has 88 valence electrons. The zero-order valence-corrected chi connectivity index (χ0v) is 10.3. The van der Waals surface area contributed by atoms with Gasteiger partial charge < -0.3 is 16.0 Å². The van der Waals surface area contributed by atoms with Crippen LogP contribution >= 0.6 is 11.5 Å². The highest BCUT2D eigenvalue weighted by Crippen LogP contribution is 2.31. The summed E-state index contributed by atoms with van der Waals surface area (Å²) in [5.41, 5.74) is 6.78. The van der Waals surface area contributed by atoms with Crippen LogP contribution in [0.4, 0.5) is 10.8 Å². The van der Waals surface area contributed by atoms with Gasteiger partial charge in [0.1, 0.15) is 10.8 Å². The van der Waals surface area contributed by atoms with E-state index in [0.717, 1.165) is 30.1 Å². The first-order valence-electron chi connectivity index (χ1n) is 5.31. The van der Waals surface area contributed by atoms with Crippen molar-refractivity contribution in [2.24, 2.45) is 0 Å². The summed E-state index contributed by atoms with van der Waals surface area (Å²) >= 11 is 1.43. The maximum atomic E-state index is 11.0. The molecular weight excluding hydrogens is 224 g/mol. The number of anilines is 2. The Hall–Kier alpha value is -1.30. The number of nitrogens with zero attached hydrogens (tertiary/aromatic N) is 2. The summed E-state index contributed by atoms with van der Waals surface area (Å²) in [4.78, 5) is 13.2. The third-order valence-corrected chi connectivity index (χ3v) is 3.84. The Morgan fingerprint density at radius 3 is 3.00 bits per heavy atom. The molecule has 0 saturated carbocycles. The van der Waals surface area contributed by atoms with Crippen molar-refractivity contribution in [3.05, 3.63) is 5.56 Å². The number of hydrogen-bond donors (Lipinski definition) is 2. The lowest BCUT2D eigenvalue weighted by atomic mass is 10.2. The third-order valence-electron chi connectivity index (χ3n) is 2.82. The zero-order valence-electron chi connectivity index (χ0n) is 9.49. The number of nitrogens with two attached hydrogens (primary N) is 1. The van der Waals surface area contributed by atoms with E-state index in [1.54, 1.807) is 6.92 Å². The van der Waals surface area contributed by atoms with Gasteiger partial charge in [0.2, 0.25) is 5.91 Å². The number of hydrogen-bond acceptors (Lipinski definition) is 5. The predicted molar refractivity (Wildman–Crippen MR) is 65.7 cm³/mol. The van der Waals surface area contributed by atoms with Crippen molar-refractivity contribution in [2.45, 2.75) is 26.3 Å². The lowest BCUT2D eigenvalue weighted by Crippen LogP contribution is -2.35. The minimum atomic E-state index is 0.0346. The molecule has 5 nitrogen and oxygen atoms in total. The highest BCUT2D eigenvalue weighted by molar-refractivity contribution is 7.10.